The molecule has 0 aliphatic heterocycles. The Morgan fingerprint density at radius 3 is 2.65 bits per heavy atom. The van der Waals surface area contributed by atoms with Gasteiger partial charge in [0.25, 0.3) is 0 Å². The van der Waals surface area contributed by atoms with Gasteiger partial charge in [-0.15, -0.1) is 0 Å². The maximum absolute atomic E-state index is 10.1. The number of aromatic nitrogens is 4. The van der Waals surface area contributed by atoms with Crippen molar-refractivity contribution >= 4 is 0 Å². The molecule has 0 saturated carbocycles. The van der Waals surface area contributed by atoms with Gasteiger partial charge in [0.2, 0.25) is 0 Å². The molecule has 5 nitrogen and oxygen atoms in total. The summed E-state index contributed by atoms with van der Waals surface area (Å²) in [5.74, 6) is 0. The van der Waals surface area contributed by atoms with Crippen molar-refractivity contribution < 1.29 is 5.11 Å². The molecule has 0 bridgehead atoms. The average Bonchev–Trinajstić information content (AvgIpc) is 2.71. The van der Waals surface area contributed by atoms with Gasteiger partial charge in [-0.3, -0.25) is 4.68 Å². The molecule has 90 valence electrons. The third-order valence-electron chi connectivity index (χ3n) is 2.76. The van der Waals surface area contributed by atoms with Crippen LogP contribution >= 0.6 is 0 Å². The lowest BCUT2D eigenvalue weighted by atomic mass is 10.1. The van der Waals surface area contributed by atoms with Gasteiger partial charge in [-0.25, -0.2) is 9.97 Å². The number of aryl methyl sites for hydroxylation is 2. The van der Waals surface area contributed by atoms with Crippen LogP contribution in [0.5, 0.6) is 0 Å². The van der Waals surface area contributed by atoms with Crippen molar-refractivity contribution in [3.8, 4) is 0 Å². The fraction of sp³-hybridized carbons (Fsp3) is 0.417. The zero-order chi connectivity index (χ0) is 12.3. The minimum atomic E-state index is -0.587. The molecule has 1 N–H and O–H groups in total. The first-order valence-electron chi connectivity index (χ1n) is 5.65. The van der Waals surface area contributed by atoms with Gasteiger partial charge in [-0.05, 0) is 12.5 Å². The Kier molecular flexibility index (Phi) is 3.49. The van der Waals surface area contributed by atoms with E-state index in [9.17, 15) is 5.11 Å². The predicted molar refractivity (Wildman–Crippen MR) is 63.3 cm³/mol. The zero-order valence-corrected chi connectivity index (χ0v) is 10.0. The fourth-order valence-electron chi connectivity index (χ4n) is 1.73. The van der Waals surface area contributed by atoms with Crippen molar-refractivity contribution in [1.29, 1.82) is 0 Å². The molecule has 1 atom stereocenters. The molecule has 0 aliphatic carbocycles. The summed E-state index contributed by atoms with van der Waals surface area (Å²) in [4.78, 5) is 7.80. The van der Waals surface area contributed by atoms with Crippen LogP contribution in [0.2, 0.25) is 0 Å². The van der Waals surface area contributed by atoms with Gasteiger partial charge in [0.05, 0.1) is 11.8 Å². The minimum Gasteiger partial charge on any atom is -0.388 e. The molecule has 0 fully saturated rings. The van der Waals surface area contributed by atoms with Crippen molar-refractivity contribution in [1.82, 2.24) is 19.7 Å². The van der Waals surface area contributed by atoms with Crippen molar-refractivity contribution in [3.63, 3.8) is 0 Å². The van der Waals surface area contributed by atoms with Crippen LogP contribution in [0.3, 0.4) is 0 Å². The standard InChI is InChI=1S/C12H16N4O/c1-3-10-4-11(16(2)15-10)5-12(17)9-6-13-8-14-7-9/h4,6-8,12,17H,3,5H2,1-2H3. The predicted octanol–water partition coefficient (Wildman–Crippen LogP) is 1.05. The molecular weight excluding hydrogens is 216 g/mol. The van der Waals surface area contributed by atoms with E-state index in [1.807, 2.05) is 17.8 Å². The molecule has 1 unspecified atom stereocenters. The molecule has 2 aromatic rings. The molecule has 5 heteroatoms. The highest BCUT2D eigenvalue weighted by Gasteiger charge is 2.12. The molecule has 0 amide bonds. The van der Waals surface area contributed by atoms with Crippen molar-refractivity contribution in [2.24, 2.45) is 7.05 Å². The highest BCUT2D eigenvalue weighted by molar-refractivity contribution is 5.15. The summed E-state index contributed by atoms with van der Waals surface area (Å²) < 4.78 is 1.81. The molecule has 2 heterocycles. The Hall–Kier alpha value is -1.75. The Morgan fingerprint density at radius 2 is 2.06 bits per heavy atom. The van der Waals surface area contributed by atoms with Crippen LogP contribution < -0.4 is 0 Å². The average molecular weight is 232 g/mol. The van der Waals surface area contributed by atoms with E-state index in [0.29, 0.717) is 6.42 Å². The van der Waals surface area contributed by atoms with Crippen LogP contribution in [-0.4, -0.2) is 24.9 Å². The molecule has 0 aliphatic rings. The topological polar surface area (TPSA) is 63.8 Å². The molecule has 0 saturated heterocycles. The van der Waals surface area contributed by atoms with Crippen molar-refractivity contribution in [2.45, 2.75) is 25.9 Å². The van der Waals surface area contributed by atoms with E-state index in [2.05, 4.69) is 22.0 Å². The van der Waals surface area contributed by atoms with Gasteiger partial charge < -0.3 is 5.11 Å². The number of aliphatic hydroxyl groups is 1. The van der Waals surface area contributed by atoms with Gasteiger partial charge in [-0.1, -0.05) is 6.92 Å². The number of aliphatic hydroxyl groups excluding tert-OH is 1. The van der Waals surface area contributed by atoms with Gasteiger partial charge in [0.15, 0.2) is 0 Å². The second-order valence-corrected chi connectivity index (χ2v) is 4.00. The summed E-state index contributed by atoms with van der Waals surface area (Å²) in [6, 6.07) is 2.02. The Labute approximate surface area is 100 Å². The van der Waals surface area contributed by atoms with Gasteiger partial charge in [-0.2, -0.15) is 5.10 Å². The molecule has 0 spiro atoms. The summed E-state index contributed by atoms with van der Waals surface area (Å²) in [5, 5.41) is 14.4. The van der Waals surface area contributed by atoms with Gasteiger partial charge in [0.1, 0.15) is 6.33 Å². The van der Waals surface area contributed by atoms with E-state index in [4.69, 9.17) is 0 Å². The van der Waals surface area contributed by atoms with Gasteiger partial charge >= 0.3 is 0 Å². The Morgan fingerprint density at radius 1 is 1.35 bits per heavy atom. The molecule has 2 aromatic heterocycles. The molecule has 0 aromatic carbocycles. The lowest BCUT2D eigenvalue weighted by Gasteiger charge is -2.09. The van der Waals surface area contributed by atoms with Crippen LogP contribution in [-0.2, 0) is 19.9 Å². The maximum atomic E-state index is 10.1. The van der Waals surface area contributed by atoms with E-state index >= 15 is 0 Å². The summed E-state index contributed by atoms with van der Waals surface area (Å²) in [6.45, 7) is 2.06. The van der Waals surface area contributed by atoms with Crippen LogP contribution in [0.4, 0.5) is 0 Å². The molecular formula is C12H16N4O. The Bertz CT molecular complexity index is 481. The maximum Gasteiger partial charge on any atom is 0.115 e. The lowest BCUT2D eigenvalue weighted by Crippen LogP contribution is -2.07. The van der Waals surface area contributed by atoms with Crippen LogP contribution in [0.1, 0.15) is 30.0 Å². The third kappa shape index (κ3) is 2.68. The van der Waals surface area contributed by atoms with Crippen LogP contribution in [0.15, 0.2) is 24.8 Å². The first-order chi connectivity index (χ1) is 8.20. The number of rotatable bonds is 4. The highest BCUT2D eigenvalue weighted by Crippen LogP contribution is 2.17. The van der Waals surface area contributed by atoms with E-state index in [1.165, 1.54) is 6.33 Å². The molecule has 0 radical (unpaired) electrons. The summed E-state index contributed by atoms with van der Waals surface area (Å²) in [5.41, 5.74) is 2.78. The largest absolute Gasteiger partial charge is 0.388 e. The van der Waals surface area contributed by atoms with E-state index in [1.54, 1.807) is 12.4 Å². The van der Waals surface area contributed by atoms with Gasteiger partial charge in [0, 0.05) is 37.1 Å². The third-order valence-corrected chi connectivity index (χ3v) is 2.76. The van der Waals surface area contributed by atoms with E-state index < -0.39 is 6.10 Å². The Balaban J connectivity index is 2.13. The summed E-state index contributed by atoms with van der Waals surface area (Å²) >= 11 is 0. The summed E-state index contributed by atoms with van der Waals surface area (Å²) in [6.07, 6.45) is 5.56. The normalized spacial score (nSPS) is 12.6. The number of hydrogen-bond acceptors (Lipinski definition) is 4. The van der Waals surface area contributed by atoms with Crippen LogP contribution in [0, 0.1) is 0 Å². The fourth-order valence-corrected chi connectivity index (χ4v) is 1.73. The van der Waals surface area contributed by atoms with Crippen molar-refractivity contribution in [2.75, 3.05) is 0 Å². The molecule has 17 heavy (non-hydrogen) atoms. The van der Waals surface area contributed by atoms with Crippen molar-refractivity contribution in [3.05, 3.63) is 41.7 Å². The zero-order valence-electron chi connectivity index (χ0n) is 10.0. The quantitative estimate of drug-likeness (QED) is 0.855. The minimum absolute atomic E-state index is 0.525. The summed E-state index contributed by atoms with van der Waals surface area (Å²) in [7, 11) is 1.89. The second-order valence-electron chi connectivity index (χ2n) is 4.00. The first kappa shape index (κ1) is 11.7. The molecule has 2 rings (SSSR count). The van der Waals surface area contributed by atoms with E-state index in [-0.39, 0.29) is 0 Å². The SMILES string of the molecule is CCc1cc(CC(O)c2cncnc2)n(C)n1. The number of hydrogen-bond donors (Lipinski definition) is 1. The highest BCUT2D eigenvalue weighted by atomic mass is 16.3. The monoisotopic (exact) mass is 232 g/mol. The second kappa shape index (κ2) is 5.05. The smallest absolute Gasteiger partial charge is 0.115 e. The first-order valence-corrected chi connectivity index (χ1v) is 5.65. The van der Waals surface area contributed by atoms with Crippen LogP contribution in [0.25, 0.3) is 0 Å². The lowest BCUT2D eigenvalue weighted by molar-refractivity contribution is 0.175. The van der Waals surface area contributed by atoms with E-state index in [0.717, 1.165) is 23.4 Å². The number of nitrogens with zero attached hydrogens (tertiary/aromatic N) is 4.